The maximum Gasteiger partial charge on any atom is 0.335 e. The van der Waals surface area contributed by atoms with E-state index in [1.807, 2.05) is 0 Å². The zero-order valence-corrected chi connectivity index (χ0v) is 7.21. The molecule has 1 aromatic heterocycles. The van der Waals surface area contributed by atoms with Crippen LogP contribution >= 0.6 is 0 Å². The number of rotatable bonds is 1. The summed E-state index contributed by atoms with van der Waals surface area (Å²) >= 11 is 0. The minimum Gasteiger partial charge on any atom is -0.478 e. The Bertz CT molecular complexity index is 508. The van der Waals surface area contributed by atoms with Gasteiger partial charge in [0.25, 0.3) is 5.52 Å². The number of fused-ring (bicyclic) bond motifs is 1. The summed E-state index contributed by atoms with van der Waals surface area (Å²) in [6.07, 6.45) is 1.49. The summed E-state index contributed by atoms with van der Waals surface area (Å²) in [6, 6.07) is 7.93. The van der Waals surface area contributed by atoms with Crippen LogP contribution in [-0.2, 0) is 0 Å². The molecular weight excluding hydrogens is 182 g/mol. The van der Waals surface area contributed by atoms with E-state index in [1.54, 1.807) is 18.2 Å². The van der Waals surface area contributed by atoms with Crippen molar-refractivity contribution in [3.05, 3.63) is 42.1 Å². The molecule has 70 valence electrons. The Morgan fingerprint density at radius 3 is 2.79 bits per heavy atom. The van der Waals surface area contributed by atoms with Crippen molar-refractivity contribution in [1.82, 2.24) is 0 Å². The number of nitrogens with zero attached hydrogens (tertiary/aromatic N) is 1. The second-order valence-corrected chi connectivity index (χ2v) is 2.93. The van der Waals surface area contributed by atoms with Crippen molar-refractivity contribution in [2.24, 2.45) is 0 Å². The fraction of sp³-hybridized carbons (Fsp3) is 0. The molecule has 0 amide bonds. The van der Waals surface area contributed by atoms with Crippen molar-refractivity contribution in [1.29, 1.82) is 0 Å². The van der Waals surface area contributed by atoms with Gasteiger partial charge in [-0.25, -0.2) is 4.79 Å². The molecule has 0 aliphatic carbocycles. The second-order valence-electron chi connectivity index (χ2n) is 2.93. The lowest BCUT2D eigenvalue weighted by atomic mass is 10.1. The third-order valence-corrected chi connectivity index (χ3v) is 2.02. The van der Waals surface area contributed by atoms with Crippen molar-refractivity contribution in [3.8, 4) is 0 Å². The van der Waals surface area contributed by atoms with Crippen LogP contribution in [0.3, 0.4) is 0 Å². The standard InChI is InChI=1S/C10H7NO3/c12-10(13)8-3-4-9-7(6-8)2-1-5-11(9)14/h1-6H,(H-,12,13,14)/p+1. The Morgan fingerprint density at radius 2 is 2.07 bits per heavy atom. The van der Waals surface area contributed by atoms with Gasteiger partial charge in [0.05, 0.1) is 10.9 Å². The predicted octanol–water partition coefficient (Wildman–Crippen LogP) is 1.06. The highest BCUT2D eigenvalue weighted by atomic mass is 16.5. The summed E-state index contributed by atoms with van der Waals surface area (Å²) in [5.74, 6) is -0.972. The summed E-state index contributed by atoms with van der Waals surface area (Å²) in [5, 5.41) is 18.8. The van der Waals surface area contributed by atoms with Gasteiger partial charge in [-0.2, -0.15) is 0 Å². The van der Waals surface area contributed by atoms with Crippen LogP contribution in [0.25, 0.3) is 10.9 Å². The molecular formula is C10H8NO3+. The van der Waals surface area contributed by atoms with Crippen LogP contribution in [0.1, 0.15) is 10.4 Å². The summed E-state index contributed by atoms with van der Waals surface area (Å²) in [6.45, 7) is 0. The quantitative estimate of drug-likeness (QED) is 0.522. The number of hydrogen-bond donors (Lipinski definition) is 2. The number of hydrogen-bond acceptors (Lipinski definition) is 2. The SMILES string of the molecule is O=C(O)c1ccc2c(ccc[n+]2O)c1. The lowest BCUT2D eigenvalue weighted by Crippen LogP contribution is -2.29. The van der Waals surface area contributed by atoms with Gasteiger partial charge in [0.1, 0.15) is 0 Å². The summed E-state index contributed by atoms with van der Waals surface area (Å²) in [7, 11) is 0. The van der Waals surface area contributed by atoms with Crippen LogP contribution in [-0.4, -0.2) is 16.3 Å². The Morgan fingerprint density at radius 1 is 1.29 bits per heavy atom. The van der Waals surface area contributed by atoms with E-state index in [0.717, 1.165) is 4.73 Å². The molecule has 2 aromatic rings. The number of benzene rings is 1. The third kappa shape index (κ3) is 1.26. The number of carboxylic acid groups (broad SMARTS) is 1. The molecule has 0 fully saturated rings. The Balaban J connectivity index is 2.73. The van der Waals surface area contributed by atoms with Gasteiger partial charge in [-0.3, -0.25) is 5.21 Å². The molecule has 4 nitrogen and oxygen atoms in total. The summed E-state index contributed by atoms with van der Waals surface area (Å²) in [4.78, 5) is 10.7. The molecule has 1 heterocycles. The smallest absolute Gasteiger partial charge is 0.335 e. The van der Waals surface area contributed by atoms with Gasteiger partial charge < -0.3 is 5.11 Å². The summed E-state index contributed by atoms with van der Waals surface area (Å²) in [5.41, 5.74) is 0.793. The number of aromatic nitrogens is 1. The average Bonchev–Trinajstić information content (AvgIpc) is 2.17. The van der Waals surface area contributed by atoms with Gasteiger partial charge in [0.2, 0.25) is 6.20 Å². The largest absolute Gasteiger partial charge is 0.478 e. The molecule has 2 N–H and O–H groups in total. The maximum atomic E-state index is 10.7. The van der Waals surface area contributed by atoms with E-state index in [0.29, 0.717) is 10.9 Å². The van der Waals surface area contributed by atoms with E-state index in [1.165, 1.54) is 18.3 Å². The minimum absolute atomic E-state index is 0.212. The van der Waals surface area contributed by atoms with E-state index >= 15 is 0 Å². The first-order valence-corrected chi connectivity index (χ1v) is 4.05. The first-order chi connectivity index (χ1) is 6.68. The lowest BCUT2D eigenvalue weighted by Gasteiger charge is -1.95. The van der Waals surface area contributed by atoms with Crippen LogP contribution < -0.4 is 4.73 Å². The average molecular weight is 190 g/mol. The van der Waals surface area contributed by atoms with Crippen LogP contribution in [0.5, 0.6) is 0 Å². The van der Waals surface area contributed by atoms with Gasteiger partial charge in [-0.1, -0.05) is 0 Å². The van der Waals surface area contributed by atoms with Gasteiger partial charge >= 0.3 is 5.97 Å². The van der Waals surface area contributed by atoms with E-state index in [4.69, 9.17) is 5.11 Å². The molecule has 14 heavy (non-hydrogen) atoms. The second kappa shape index (κ2) is 2.99. The van der Waals surface area contributed by atoms with Crippen LogP contribution in [0, 0.1) is 0 Å². The fourth-order valence-electron chi connectivity index (χ4n) is 1.34. The van der Waals surface area contributed by atoms with Gasteiger partial charge in [-0.15, -0.1) is 0 Å². The molecule has 0 bridgehead atoms. The van der Waals surface area contributed by atoms with Gasteiger partial charge in [0, 0.05) is 16.9 Å². The highest BCUT2D eigenvalue weighted by Gasteiger charge is 2.09. The number of carbonyl (C=O) groups is 1. The van der Waals surface area contributed by atoms with Crippen LogP contribution in [0.15, 0.2) is 36.5 Å². The Labute approximate surface area is 79.6 Å². The first kappa shape index (κ1) is 8.50. The van der Waals surface area contributed by atoms with E-state index in [-0.39, 0.29) is 5.56 Å². The monoisotopic (exact) mass is 190 g/mol. The topological polar surface area (TPSA) is 61.4 Å². The molecule has 1 aromatic carbocycles. The summed E-state index contributed by atoms with van der Waals surface area (Å²) < 4.78 is 0.959. The zero-order valence-electron chi connectivity index (χ0n) is 7.21. The van der Waals surface area contributed by atoms with Crippen molar-refractivity contribution in [2.45, 2.75) is 0 Å². The number of carboxylic acids is 1. The highest BCUT2D eigenvalue weighted by Crippen LogP contribution is 2.11. The minimum atomic E-state index is -0.972. The van der Waals surface area contributed by atoms with Crippen molar-refractivity contribution >= 4 is 16.9 Å². The molecule has 4 heteroatoms. The molecule has 0 aliphatic heterocycles. The first-order valence-electron chi connectivity index (χ1n) is 4.05. The molecule has 0 saturated heterocycles. The Kier molecular flexibility index (Phi) is 1.81. The molecule has 0 atom stereocenters. The maximum absolute atomic E-state index is 10.7. The van der Waals surface area contributed by atoms with E-state index < -0.39 is 5.97 Å². The van der Waals surface area contributed by atoms with Crippen molar-refractivity contribution in [3.63, 3.8) is 0 Å². The Hall–Kier alpha value is -2.10. The molecule has 2 rings (SSSR count). The normalized spacial score (nSPS) is 10.3. The molecule has 0 radical (unpaired) electrons. The molecule has 0 unspecified atom stereocenters. The molecule has 0 spiro atoms. The van der Waals surface area contributed by atoms with Gasteiger partial charge in [0.15, 0.2) is 0 Å². The highest BCUT2D eigenvalue weighted by molar-refractivity contribution is 5.92. The lowest BCUT2D eigenvalue weighted by molar-refractivity contribution is -0.884. The van der Waals surface area contributed by atoms with E-state index in [2.05, 4.69) is 0 Å². The third-order valence-electron chi connectivity index (χ3n) is 2.02. The zero-order chi connectivity index (χ0) is 10.1. The fourth-order valence-corrected chi connectivity index (χ4v) is 1.34. The molecule has 0 saturated carbocycles. The predicted molar refractivity (Wildman–Crippen MR) is 48.3 cm³/mol. The number of aromatic carboxylic acids is 1. The van der Waals surface area contributed by atoms with Gasteiger partial charge in [-0.05, 0) is 18.2 Å². The van der Waals surface area contributed by atoms with Crippen LogP contribution in [0.2, 0.25) is 0 Å². The van der Waals surface area contributed by atoms with Crippen LogP contribution in [0.4, 0.5) is 0 Å². The van der Waals surface area contributed by atoms with Crippen molar-refractivity contribution in [2.75, 3.05) is 0 Å². The molecule has 0 aliphatic rings. The van der Waals surface area contributed by atoms with Crippen molar-refractivity contribution < 1.29 is 19.8 Å². The van der Waals surface area contributed by atoms with E-state index in [9.17, 15) is 10.0 Å². The number of pyridine rings is 1.